The van der Waals surface area contributed by atoms with E-state index in [1.165, 1.54) is 5.56 Å². The summed E-state index contributed by atoms with van der Waals surface area (Å²) in [6.07, 6.45) is 1.57. The number of benzene rings is 1. The molecule has 4 heteroatoms. The predicted octanol–water partition coefficient (Wildman–Crippen LogP) is 2.54. The van der Waals surface area contributed by atoms with E-state index in [2.05, 4.69) is 31.1 Å². The minimum atomic E-state index is 0.723. The summed E-state index contributed by atoms with van der Waals surface area (Å²) < 4.78 is 1.08. The Morgan fingerprint density at radius 3 is 2.85 bits per heavy atom. The molecule has 0 saturated carbocycles. The number of nitrogens with one attached hydrogen (secondary N) is 1. The van der Waals surface area contributed by atoms with E-state index in [4.69, 9.17) is 0 Å². The molecule has 0 spiro atoms. The third kappa shape index (κ3) is 1.62. The van der Waals surface area contributed by atoms with Crippen molar-refractivity contribution >= 4 is 15.9 Å². The molecule has 2 aromatic rings. The number of nitrogens with zero attached hydrogens (tertiary/aromatic N) is 2. The van der Waals surface area contributed by atoms with Gasteiger partial charge in [-0.2, -0.15) is 5.10 Å². The maximum absolute atomic E-state index is 4.07. The van der Waals surface area contributed by atoms with Crippen LogP contribution in [0.3, 0.4) is 0 Å². The van der Waals surface area contributed by atoms with E-state index >= 15 is 0 Å². The molecule has 0 fully saturated rings. The third-order valence-electron chi connectivity index (χ3n) is 1.85. The third-order valence-corrected chi connectivity index (χ3v) is 2.70. The Bertz CT molecular complexity index is 409. The molecule has 1 heterocycles. The number of rotatable bonds is 1. The summed E-state index contributed by atoms with van der Waals surface area (Å²) in [7, 11) is 0. The van der Waals surface area contributed by atoms with Crippen LogP contribution in [0.2, 0.25) is 0 Å². The van der Waals surface area contributed by atoms with Crippen LogP contribution in [0, 0.1) is 6.92 Å². The van der Waals surface area contributed by atoms with E-state index in [1.807, 2.05) is 25.1 Å². The maximum atomic E-state index is 4.07. The van der Waals surface area contributed by atoms with Crippen LogP contribution in [0.15, 0.2) is 29.0 Å². The molecule has 0 bridgehead atoms. The minimum absolute atomic E-state index is 0.723. The fourth-order valence-electron chi connectivity index (χ4n) is 1.08. The first-order valence-electron chi connectivity index (χ1n) is 3.89. The van der Waals surface area contributed by atoms with Gasteiger partial charge in [0.15, 0.2) is 5.82 Å². The second-order valence-electron chi connectivity index (χ2n) is 2.79. The van der Waals surface area contributed by atoms with Crippen molar-refractivity contribution in [1.82, 2.24) is 15.2 Å². The molecule has 0 aliphatic rings. The summed E-state index contributed by atoms with van der Waals surface area (Å²) in [5, 5.41) is 6.69. The van der Waals surface area contributed by atoms with Gasteiger partial charge in [0, 0.05) is 10.0 Å². The molecular formula is C9H8BrN3. The predicted molar refractivity (Wildman–Crippen MR) is 54.3 cm³/mol. The highest BCUT2D eigenvalue weighted by Crippen LogP contribution is 2.22. The van der Waals surface area contributed by atoms with Crippen LogP contribution < -0.4 is 0 Å². The highest BCUT2D eigenvalue weighted by molar-refractivity contribution is 9.10. The van der Waals surface area contributed by atoms with Gasteiger partial charge in [-0.3, -0.25) is 5.10 Å². The molecule has 0 amide bonds. The van der Waals surface area contributed by atoms with Crippen molar-refractivity contribution in [2.45, 2.75) is 6.92 Å². The van der Waals surface area contributed by atoms with Crippen LogP contribution in [0.1, 0.15) is 5.56 Å². The lowest BCUT2D eigenvalue weighted by Crippen LogP contribution is -1.82. The van der Waals surface area contributed by atoms with Crippen molar-refractivity contribution in [2.24, 2.45) is 0 Å². The van der Waals surface area contributed by atoms with E-state index in [0.717, 1.165) is 15.9 Å². The highest BCUT2D eigenvalue weighted by atomic mass is 79.9. The van der Waals surface area contributed by atoms with E-state index in [9.17, 15) is 0 Å². The molecule has 66 valence electrons. The van der Waals surface area contributed by atoms with Crippen molar-refractivity contribution in [3.63, 3.8) is 0 Å². The van der Waals surface area contributed by atoms with Crippen LogP contribution in [0.25, 0.3) is 11.4 Å². The zero-order chi connectivity index (χ0) is 9.26. The van der Waals surface area contributed by atoms with Gasteiger partial charge in [0.1, 0.15) is 6.33 Å². The number of aromatic nitrogens is 3. The second-order valence-corrected chi connectivity index (χ2v) is 3.64. The van der Waals surface area contributed by atoms with Gasteiger partial charge in [-0.25, -0.2) is 4.98 Å². The Hall–Kier alpha value is -1.16. The quantitative estimate of drug-likeness (QED) is 0.829. The SMILES string of the molecule is Cc1ccc(-c2nc[nH]n2)cc1Br. The van der Waals surface area contributed by atoms with Crippen LogP contribution >= 0.6 is 15.9 Å². The average Bonchev–Trinajstić information content (AvgIpc) is 2.62. The largest absolute Gasteiger partial charge is 0.265 e. The second kappa shape index (κ2) is 3.30. The highest BCUT2D eigenvalue weighted by Gasteiger charge is 2.02. The van der Waals surface area contributed by atoms with Crippen molar-refractivity contribution in [2.75, 3.05) is 0 Å². The molecule has 3 nitrogen and oxygen atoms in total. The van der Waals surface area contributed by atoms with E-state index < -0.39 is 0 Å². The fraction of sp³-hybridized carbons (Fsp3) is 0.111. The van der Waals surface area contributed by atoms with Crippen molar-refractivity contribution in [1.29, 1.82) is 0 Å². The maximum Gasteiger partial charge on any atom is 0.180 e. The summed E-state index contributed by atoms with van der Waals surface area (Å²) >= 11 is 3.47. The van der Waals surface area contributed by atoms with Gasteiger partial charge in [-0.1, -0.05) is 28.1 Å². The molecule has 1 aromatic carbocycles. The Labute approximate surface area is 84.3 Å². The zero-order valence-electron chi connectivity index (χ0n) is 7.08. The molecule has 0 aliphatic heterocycles. The number of H-pyrrole nitrogens is 1. The molecular weight excluding hydrogens is 230 g/mol. The van der Waals surface area contributed by atoms with Crippen LogP contribution in [-0.2, 0) is 0 Å². The van der Waals surface area contributed by atoms with E-state index in [0.29, 0.717) is 0 Å². The number of hydrogen-bond acceptors (Lipinski definition) is 2. The Morgan fingerprint density at radius 1 is 1.38 bits per heavy atom. The van der Waals surface area contributed by atoms with Gasteiger partial charge in [0.2, 0.25) is 0 Å². The zero-order valence-corrected chi connectivity index (χ0v) is 8.67. The van der Waals surface area contributed by atoms with Gasteiger partial charge in [0.25, 0.3) is 0 Å². The molecule has 0 saturated heterocycles. The topological polar surface area (TPSA) is 41.6 Å². The Kier molecular flexibility index (Phi) is 2.14. The lowest BCUT2D eigenvalue weighted by atomic mass is 10.1. The molecule has 0 radical (unpaired) electrons. The molecule has 1 N–H and O–H groups in total. The van der Waals surface area contributed by atoms with Gasteiger partial charge >= 0.3 is 0 Å². The smallest absolute Gasteiger partial charge is 0.180 e. The number of aryl methyl sites for hydroxylation is 1. The van der Waals surface area contributed by atoms with Crippen molar-refractivity contribution in [3.8, 4) is 11.4 Å². The van der Waals surface area contributed by atoms with Crippen LogP contribution in [0.4, 0.5) is 0 Å². The fourth-order valence-corrected chi connectivity index (χ4v) is 1.46. The molecule has 2 rings (SSSR count). The lowest BCUT2D eigenvalue weighted by molar-refractivity contribution is 1.09. The first kappa shape index (κ1) is 8.44. The summed E-state index contributed by atoms with van der Waals surface area (Å²) in [6, 6.07) is 6.05. The summed E-state index contributed by atoms with van der Waals surface area (Å²) in [5.41, 5.74) is 2.22. The average molecular weight is 238 g/mol. The van der Waals surface area contributed by atoms with Crippen molar-refractivity contribution in [3.05, 3.63) is 34.6 Å². The lowest BCUT2D eigenvalue weighted by Gasteiger charge is -1.99. The molecule has 0 atom stereocenters. The Balaban J connectivity index is 2.49. The van der Waals surface area contributed by atoms with E-state index in [1.54, 1.807) is 6.33 Å². The summed E-state index contributed by atoms with van der Waals surface area (Å²) in [6.45, 7) is 2.05. The summed E-state index contributed by atoms with van der Waals surface area (Å²) in [5.74, 6) is 0.723. The van der Waals surface area contributed by atoms with Gasteiger partial charge in [0.05, 0.1) is 0 Å². The number of halogens is 1. The monoisotopic (exact) mass is 237 g/mol. The Morgan fingerprint density at radius 2 is 2.23 bits per heavy atom. The van der Waals surface area contributed by atoms with Gasteiger partial charge in [-0.05, 0) is 18.6 Å². The standard InChI is InChI=1S/C9H8BrN3/c1-6-2-3-7(4-8(6)10)9-11-5-12-13-9/h2-5H,1H3,(H,11,12,13). The normalized spacial score (nSPS) is 10.3. The number of hydrogen-bond donors (Lipinski definition) is 1. The van der Waals surface area contributed by atoms with Crippen molar-refractivity contribution < 1.29 is 0 Å². The molecule has 0 aliphatic carbocycles. The van der Waals surface area contributed by atoms with Gasteiger partial charge in [-0.15, -0.1) is 0 Å². The first-order chi connectivity index (χ1) is 6.27. The molecule has 1 aromatic heterocycles. The van der Waals surface area contributed by atoms with E-state index in [-0.39, 0.29) is 0 Å². The molecule has 0 unspecified atom stereocenters. The summed E-state index contributed by atoms with van der Waals surface area (Å²) in [4.78, 5) is 4.07. The first-order valence-corrected chi connectivity index (χ1v) is 4.69. The number of aromatic amines is 1. The minimum Gasteiger partial charge on any atom is -0.265 e. The molecule has 13 heavy (non-hydrogen) atoms. The van der Waals surface area contributed by atoms with Gasteiger partial charge < -0.3 is 0 Å². The van der Waals surface area contributed by atoms with Crippen LogP contribution in [0.5, 0.6) is 0 Å². The van der Waals surface area contributed by atoms with Crippen LogP contribution in [-0.4, -0.2) is 15.2 Å².